The highest BCUT2D eigenvalue weighted by molar-refractivity contribution is 5.74. The Morgan fingerprint density at radius 2 is 1.35 bits per heavy atom. The molecular weight excluding hydrogens is 247 g/mol. The topological polar surface area (TPSA) is 37.3 Å². The molecule has 0 aliphatic heterocycles. The van der Waals surface area contributed by atoms with Crippen molar-refractivity contribution in [3.05, 3.63) is 46.8 Å². The van der Waals surface area contributed by atoms with E-state index in [0.717, 1.165) is 0 Å². The molecule has 0 fully saturated rings. The predicted octanol–water partition coefficient (Wildman–Crippen LogP) is 2.17. The average Bonchev–Trinajstić information content (AvgIpc) is 2.32. The number of hydrogen-bond donors (Lipinski definition) is 1. The summed E-state index contributed by atoms with van der Waals surface area (Å²) < 4.78 is 64.3. The third-order valence-electron chi connectivity index (χ3n) is 2.02. The molecule has 0 aliphatic rings. The fraction of sp³-hybridized carbons (Fsp3) is 0.100. The number of rotatable bonds is 3. The van der Waals surface area contributed by atoms with Crippen LogP contribution >= 0.6 is 0 Å². The second kappa shape index (κ2) is 4.62. The van der Waals surface area contributed by atoms with Gasteiger partial charge in [-0.25, -0.2) is 22.0 Å². The number of carbonyl (C=O) groups is 1. The maximum absolute atomic E-state index is 13.1. The highest BCUT2D eigenvalue weighted by atomic mass is 19.2. The Hall–Kier alpha value is -1.76. The zero-order valence-corrected chi connectivity index (χ0v) is 8.11. The minimum atomic E-state index is -2.34. The summed E-state index contributed by atoms with van der Waals surface area (Å²) in [6, 6.07) is 0. The predicted molar refractivity (Wildman–Crippen MR) is 46.4 cm³/mol. The van der Waals surface area contributed by atoms with Crippen molar-refractivity contribution in [1.82, 2.24) is 0 Å². The molecule has 0 spiro atoms. The standard InChI is InChI=1S/C10H5F5O2/c1-3(2-16)10(17)4-5(11)7(13)9(15)8(14)6(4)12/h2,10,17H,1H2. The van der Waals surface area contributed by atoms with Crippen LogP contribution in [0, 0.1) is 29.1 Å². The molecule has 0 radical (unpaired) electrons. The van der Waals surface area contributed by atoms with Gasteiger partial charge in [-0.2, -0.15) is 0 Å². The molecule has 1 atom stereocenters. The number of benzene rings is 1. The normalized spacial score (nSPS) is 12.4. The minimum absolute atomic E-state index is 0.0529. The van der Waals surface area contributed by atoms with Crippen LogP contribution < -0.4 is 0 Å². The zero-order valence-electron chi connectivity index (χ0n) is 8.11. The van der Waals surface area contributed by atoms with Crippen LogP contribution in [0.2, 0.25) is 0 Å². The fourth-order valence-corrected chi connectivity index (χ4v) is 1.11. The van der Waals surface area contributed by atoms with E-state index in [1.54, 1.807) is 0 Å². The molecule has 0 heterocycles. The van der Waals surface area contributed by atoms with Crippen molar-refractivity contribution < 1.29 is 31.9 Å². The van der Waals surface area contributed by atoms with Gasteiger partial charge >= 0.3 is 0 Å². The largest absolute Gasteiger partial charge is 0.383 e. The van der Waals surface area contributed by atoms with Gasteiger partial charge < -0.3 is 5.11 Å². The van der Waals surface area contributed by atoms with Crippen molar-refractivity contribution in [1.29, 1.82) is 0 Å². The zero-order chi connectivity index (χ0) is 13.3. The van der Waals surface area contributed by atoms with Gasteiger partial charge in [0.2, 0.25) is 5.82 Å². The van der Waals surface area contributed by atoms with Crippen LogP contribution in [0.3, 0.4) is 0 Å². The molecule has 0 bridgehead atoms. The van der Waals surface area contributed by atoms with Gasteiger partial charge in [0.05, 0.1) is 5.56 Å². The maximum Gasteiger partial charge on any atom is 0.200 e. The van der Waals surface area contributed by atoms with Crippen LogP contribution in [0.15, 0.2) is 12.2 Å². The highest BCUT2D eigenvalue weighted by Crippen LogP contribution is 2.30. The maximum atomic E-state index is 13.1. The Bertz CT molecular complexity index is 469. The molecular formula is C10H5F5O2. The quantitative estimate of drug-likeness (QED) is 0.294. The Labute approximate surface area is 92.0 Å². The molecule has 1 aromatic carbocycles. The first-order valence-electron chi connectivity index (χ1n) is 4.16. The molecule has 2 nitrogen and oxygen atoms in total. The number of aldehydes is 1. The van der Waals surface area contributed by atoms with Gasteiger partial charge in [-0.05, 0) is 0 Å². The molecule has 7 heteroatoms. The number of hydrogen-bond acceptors (Lipinski definition) is 2. The van der Waals surface area contributed by atoms with Crippen molar-refractivity contribution in [3.8, 4) is 0 Å². The smallest absolute Gasteiger partial charge is 0.200 e. The van der Waals surface area contributed by atoms with E-state index < -0.39 is 46.3 Å². The van der Waals surface area contributed by atoms with Gasteiger partial charge in [-0.15, -0.1) is 0 Å². The first kappa shape index (κ1) is 13.3. The second-order valence-electron chi connectivity index (χ2n) is 3.08. The van der Waals surface area contributed by atoms with Crippen molar-refractivity contribution >= 4 is 6.29 Å². The van der Waals surface area contributed by atoms with Gasteiger partial charge in [0.25, 0.3) is 0 Å². The Balaban J connectivity index is 3.54. The van der Waals surface area contributed by atoms with Gasteiger partial charge in [0.1, 0.15) is 12.4 Å². The number of carbonyl (C=O) groups excluding carboxylic acids is 1. The monoisotopic (exact) mass is 252 g/mol. The SMILES string of the molecule is C=C(C=O)C(O)c1c(F)c(F)c(F)c(F)c1F. The van der Waals surface area contributed by atoms with Crippen LogP contribution in [-0.4, -0.2) is 11.4 Å². The summed E-state index contributed by atoms with van der Waals surface area (Å²) in [7, 11) is 0. The lowest BCUT2D eigenvalue weighted by Crippen LogP contribution is -2.13. The van der Waals surface area contributed by atoms with Crippen LogP contribution in [0.5, 0.6) is 0 Å². The van der Waals surface area contributed by atoms with E-state index in [1.165, 1.54) is 0 Å². The molecule has 0 aromatic heterocycles. The Kier molecular flexibility index (Phi) is 3.62. The lowest BCUT2D eigenvalue weighted by molar-refractivity contribution is -0.105. The van der Waals surface area contributed by atoms with Gasteiger partial charge in [-0.1, -0.05) is 6.58 Å². The molecule has 17 heavy (non-hydrogen) atoms. The summed E-state index contributed by atoms with van der Waals surface area (Å²) in [5.41, 5.74) is -2.23. The summed E-state index contributed by atoms with van der Waals surface area (Å²) in [5, 5.41) is 9.22. The lowest BCUT2D eigenvalue weighted by atomic mass is 10.0. The Morgan fingerprint density at radius 1 is 1.00 bits per heavy atom. The molecule has 0 saturated carbocycles. The van der Waals surface area contributed by atoms with Crippen molar-refractivity contribution in [3.63, 3.8) is 0 Å². The summed E-state index contributed by atoms with van der Waals surface area (Å²) in [6.45, 7) is 2.92. The molecule has 1 N–H and O–H groups in total. The molecule has 92 valence electrons. The lowest BCUT2D eigenvalue weighted by Gasteiger charge is -2.13. The van der Waals surface area contributed by atoms with Crippen LogP contribution in [-0.2, 0) is 4.79 Å². The summed E-state index contributed by atoms with van der Waals surface area (Å²) in [6.07, 6.45) is -2.35. The highest BCUT2D eigenvalue weighted by Gasteiger charge is 2.30. The van der Waals surface area contributed by atoms with E-state index in [-0.39, 0.29) is 6.29 Å². The first-order chi connectivity index (χ1) is 7.82. The number of halogens is 5. The number of aliphatic hydroxyl groups excluding tert-OH is 1. The van der Waals surface area contributed by atoms with Crippen LogP contribution in [0.25, 0.3) is 0 Å². The van der Waals surface area contributed by atoms with Crippen LogP contribution in [0.1, 0.15) is 11.7 Å². The van der Waals surface area contributed by atoms with Crippen molar-refractivity contribution in [2.75, 3.05) is 0 Å². The van der Waals surface area contributed by atoms with Crippen molar-refractivity contribution in [2.24, 2.45) is 0 Å². The van der Waals surface area contributed by atoms with Gasteiger partial charge in [0.15, 0.2) is 23.3 Å². The number of aliphatic hydroxyl groups is 1. The minimum Gasteiger partial charge on any atom is -0.383 e. The third kappa shape index (κ3) is 2.05. The Morgan fingerprint density at radius 3 is 1.71 bits per heavy atom. The van der Waals surface area contributed by atoms with Crippen LogP contribution in [0.4, 0.5) is 22.0 Å². The summed E-state index contributed by atoms with van der Waals surface area (Å²) >= 11 is 0. The molecule has 1 aromatic rings. The second-order valence-corrected chi connectivity index (χ2v) is 3.08. The fourth-order valence-electron chi connectivity index (χ4n) is 1.11. The summed E-state index contributed by atoms with van der Waals surface area (Å²) in [4.78, 5) is 10.2. The average molecular weight is 252 g/mol. The molecule has 0 amide bonds. The van der Waals surface area contributed by atoms with Gasteiger partial charge in [0, 0.05) is 5.57 Å². The molecule has 0 saturated heterocycles. The van der Waals surface area contributed by atoms with E-state index in [4.69, 9.17) is 0 Å². The van der Waals surface area contributed by atoms with E-state index in [1.807, 2.05) is 0 Å². The molecule has 0 aliphatic carbocycles. The third-order valence-corrected chi connectivity index (χ3v) is 2.02. The summed E-state index contributed by atoms with van der Waals surface area (Å²) in [5.74, 6) is -11.1. The molecule has 1 rings (SSSR count). The van der Waals surface area contributed by atoms with E-state index >= 15 is 0 Å². The van der Waals surface area contributed by atoms with E-state index in [0.29, 0.717) is 0 Å². The first-order valence-corrected chi connectivity index (χ1v) is 4.16. The molecule has 1 unspecified atom stereocenters. The van der Waals surface area contributed by atoms with E-state index in [2.05, 4.69) is 6.58 Å². The van der Waals surface area contributed by atoms with E-state index in [9.17, 15) is 31.9 Å². The van der Waals surface area contributed by atoms with Gasteiger partial charge in [-0.3, -0.25) is 4.79 Å². The van der Waals surface area contributed by atoms with Crippen molar-refractivity contribution in [2.45, 2.75) is 6.10 Å².